The van der Waals surface area contributed by atoms with E-state index in [9.17, 15) is 19.7 Å². The van der Waals surface area contributed by atoms with Crippen molar-refractivity contribution >= 4 is 34.0 Å². The van der Waals surface area contributed by atoms with Gasteiger partial charge in [0, 0.05) is 5.38 Å². The summed E-state index contributed by atoms with van der Waals surface area (Å²) in [6.07, 6.45) is 1.12. The predicted octanol–water partition coefficient (Wildman–Crippen LogP) is 1.00. The number of nitrogens with one attached hydrogen (secondary N) is 1. The molecule has 0 bridgehead atoms. The van der Waals surface area contributed by atoms with E-state index in [0.717, 1.165) is 22.2 Å². The van der Waals surface area contributed by atoms with Crippen molar-refractivity contribution in [2.45, 2.75) is 19.9 Å². The fourth-order valence-corrected chi connectivity index (χ4v) is 2.58. The Labute approximate surface area is 145 Å². The molecule has 0 aliphatic carbocycles. The van der Waals surface area contributed by atoms with Crippen LogP contribution < -0.4 is 10.1 Å². The summed E-state index contributed by atoms with van der Waals surface area (Å²) < 4.78 is 10.7. The first-order valence-corrected chi connectivity index (χ1v) is 7.96. The highest BCUT2D eigenvalue weighted by Gasteiger charge is 2.21. The summed E-state index contributed by atoms with van der Waals surface area (Å²) in [5.41, 5.74) is 0.149. The van der Waals surface area contributed by atoms with E-state index >= 15 is 0 Å². The first-order valence-electron chi connectivity index (χ1n) is 7.08. The van der Waals surface area contributed by atoms with Gasteiger partial charge in [-0.25, -0.2) is 4.98 Å². The van der Waals surface area contributed by atoms with Crippen LogP contribution in [-0.4, -0.2) is 45.3 Å². The minimum Gasteiger partial charge on any atom is -0.475 e. The van der Waals surface area contributed by atoms with E-state index in [-0.39, 0.29) is 31.1 Å². The predicted molar refractivity (Wildman–Crippen MR) is 86.5 cm³/mol. The Morgan fingerprint density at radius 3 is 2.84 bits per heavy atom. The number of carbonyl (C=O) groups is 2. The number of hydrogen-bond acceptors (Lipinski definition) is 9. The molecule has 0 aromatic carbocycles. The number of ether oxygens (including phenoxy) is 2. The Balaban J connectivity index is 1.95. The van der Waals surface area contributed by atoms with Crippen LogP contribution in [0.15, 0.2) is 11.6 Å². The number of anilines is 1. The third-order valence-corrected chi connectivity index (χ3v) is 3.64. The van der Waals surface area contributed by atoms with E-state index in [4.69, 9.17) is 9.47 Å². The van der Waals surface area contributed by atoms with Gasteiger partial charge in [-0.05, 0) is 6.92 Å². The van der Waals surface area contributed by atoms with Crippen molar-refractivity contribution in [1.29, 1.82) is 0 Å². The second-order valence-corrected chi connectivity index (χ2v) is 5.51. The third kappa shape index (κ3) is 4.97. The van der Waals surface area contributed by atoms with Crippen LogP contribution in [0.2, 0.25) is 0 Å². The van der Waals surface area contributed by atoms with E-state index in [2.05, 4.69) is 15.4 Å². The minimum atomic E-state index is -0.650. The highest BCUT2D eigenvalue weighted by molar-refractivity contribution is 7.13. The number of hydrogen-bond donors (Lipinski definition) is 1. The van der Waals surface area contributed by atoms with Crippen molar-refractivity contribution in [2.75, 3.05) is 19.0 Å². The number of amides is 1. The van der Waals surface area contributed by atoms with E-state index in [1.165, 1.54) is 7.11 Å². The average Bonchev–Trinajstić information content (AvgIpc) is 3.14. The molecular weight excluding hydrogens is 354 g/mol. The summed E-state index contributed by atoms with van der Waals surface area (Å²) in [4.78, 5) is 37.7. The largest absolute Gasteiger partial charge is 0.475 e. The molecule has 0 saturated heterocycles. The number of carbonyl (C=O) groups excluding carboxylic acids is 2. The van der Waals surface area contributed by atoms with Crippen LogP contribution in [0.4, 0.5) is 10.8 Å². The van der Waals surface area contributed by atoms with Crippen LogP contribution in [0.3, 0.4) is 0 Å². The lowest BCUT2D eigenvalue weighted by atomic mass is 10.3. The molecular formula is C13H15N5O6S. The number of methoxy groups -OCH3 is 1. The highest BCUT2D eigenvalue weighted by atomic mass is 32.1. The summed E-state index contributed by atoms with van der Waals surface area (Å²) in [5.74, 6) is -1.05. The number of aromatic nitrogens is 3. The molecule has 0 aliphatic heterocycles. The summed E-state index contributed by atoms with van der Waals surface area (Å²) in [5, 5.41) is 19.1. The Hall–Kier alpha value is -3.02. The van der Waals surface area contributed by atoms with Gasteiger partial charge in [-0.1, -0.05) is 0 Å². The molecule has 0 atom stereocenters. The van der Waals surface area contributed by atoms with Gasteiger partial charge in [-0.15, -0.1) is 16.4 Å². The average molecular weight is 369 g/mol. The molecule has 1 N–H and O–H groups in total. The first-order chi connectivity index (χ1) is 11.9. The van der Waals surface area contributed by atoms with Gasteiger partial charge < -0.3 is 14.8 Å². The van der Waals surface area contributed by atoms with Crippen molar-refractivity contribution in [3.63, 3.8) is 0 Å². The summed E-state index contributed by atoms with van der Waals surface area (Å²) in [7, 11) is 1.25. The lowest BCUT2D eigenvalue weighted by molar-refractivity contribution is -0.385. The Kier molecular flexibility index (Phi) is 6.00. The fourth-order valence-electron chi connectivity index (χ4n) is 1.86. The summed E-state index contributed by atoms with van der Waals surface area (Å²) in [6.45, 7) is 1.74. The lowest BCUT2D eigenvalue weighted by Crippen LogP contribution is -2.19. The first kappa shape index (κ1) is 18.3. The molecule has 0 spiro atoms. The molecule has 2 aromatic rings. The Morgan fingerprint density at radius 1 is 1.48 bits per heavy atom. The molecule has 0 saturated carbocycles. The minimum absolute atomic E-state index is 0.0166. The van der Waals surface area contributed by atoms with Gasteiger partial charge in [0.05, 0.1) is 30.8 Å². The smallest absolute Gasteiger partial charge is 0.350 e. The fraction of sp³-hybridized carbons (Fsp3) is 0.385. The third-order valence-electron chi connectivity index (χ3n) is 2.83. The van der Waals surface area contributed by atoms with Crippen molar-refractivity contribution in [3.05, 3.63) is 27.4 Å². The molecule has 0 unspecified atom stereocenters. The van der Waals surface area contributed by atoms with Gasteiger partial charge in [0.1, 0.15) is 12.7 Å². The maximum Gasteiger partial charge on any atom is 0.350 e. The zero-order valence-corrected chi connectivity index (χ0v) is 14.2. The van der Waals surface area contributed by atoms with Gasteiger partial charge in [-0.2, -0.15) is 0 Å². The summed E-state index contributed by atoms with van der Waals surface area (Å²) in [6, 6.07) is 0. The quantitative estimate of drug-likeness (QED) is 0.413. The van der Waals surface area contributed by atoms with Crippen LogP contribution >= 0.6 is 11.3 Å². The maximum absolute atomic E-state index is 12.0. The van der Waals surface area contributed by atoms with Crippen LogP contribution in [0.1, 0.15) is 12.6 Å². The topological polar surface area (TPSA) is 138 Å². The van der Waals surface area contributed by atoms with E-state index in [0.29, 0.717) is 10.8 Å². The van der Waals surface area contributed by atoms with Crippen molar-refractivity contribution < 1.29 is 24.0 Å². The zero-order chi connectivity index (χ0) is 18.4. The number of nitrogens with zero attached hydrogens (tertiary/aromatic N) is 4. The second kappa shape index (κ2) is 8.19. The maximum atomic E-state index is 12.0. The monoisotopic (exact) mass is 369 g/mol. The molecule has 0 fully saturated rings. The van der Waals surface area contributed by atoms with Gasteiger partial charge in [0.25, 0.3) is 0 Å². The number of esters is 1. The zero-order valence-electron chi connectivity index (χ0n) is 13.4. The lowest BCUT2D eigenvalue weighted by Gasteiger charge is -2.01. The van der Waals surface area contributed by atoms with E-state index in [1.54, 1.807) is 12.3 Å². The van der Waals surface area contributed by atoms with E-state index < -0.39 is 16.8 Å². The number of rotatable bonds is 8. The molecule has 0 aliphatic rings. The molecule has 12 heteroatoms. The number of thiazole rings is 1. The molecule has 134 valence electrons. The van der Waals surface area contributed by atoms with Crippen LogP contribution in [0.25, 0.3) is 0 Å². The van der Waals surface area contributed by atoms with Gasteiger partial charge in [0.15, 0.2) is 5.13 Å². The van der Waals surface area contributed by atoms with Crippen LogP contribution in [-0.2, 0) is 27.3 Å². The standard InChI is InChI=1S/C13H15N5O6S/c1-3-24-11(20)4-8-7-25-13(14-8)15-10(19)6-17-5-9(18(21)22)12(16-17)23-2/h5,7H,3-4,6H2,1-2H3,(H,14,15,19). The molecule has 2 heterocycles. The second-order valence-electron chi connectivity index (χ2n) is 4.65. The molecule has 2 aromatic heterocycles. The Bertz CT molecular complexity index is 786. The van der Waals surface area contributed by atoms with Gasteiger partial charge >= 0.3 is 17.5 Å². The van der Waals surface area contributed by atoms with Crippen molar-refractivity contribution in [1.82, 2.24) is 14.8 Å². The molecule has 2 rings (SSSR count). The van der Waals surface area contributed by atoms with E-state index in [1.807, 2.05) is 0 Å². The van der Waals surface area contributed by atoms with Crippen LogP contribution in [0.5, 0.6) is 5.88 Å². The van der Waals surface area contributed by atoms with Gasteiger partial charge in [0.2, 0.25) is 5.91 Å². The van der Waals surface area contributed by atoms with Gasteiger partial charge in [-0.3, -0.25) is 24.4 Å². The van der Waals surface area contributed by atoms with Crippen molar-refractivity contribution in [3.8, 4) is 5.88 Å². The molecule has 0 radical (unpaired) electrons. The highest BCUT2D eigenvalue weighted by Crippen LogP contribution is 2.24. The number of nitro groups is 1. The normalized spacial score (nSPS) is 10.3. The molecule has 11 nitrogen and oxygen atoms in total. The molecule has 25 heavy (non-hydrogen) atoms. The SMILES string of the molecule is CCOC(=O)Cc1csc(NC(=O)Cn2cc([N+](=O)[O-])c(OC)n2)n1. The Morgan fingerprint density at radius 2 is 2.24 bits per heavy atom. The van der Waals surface area contributed by atoms with Crippen LogP contribution in [0, 0.1) is 10.1 Å². The molecule has 1 amide bonds. The summed E-state index contributed by atoms with van der Waals surface area (Å²) >= 11 is 1.15. The van der Waals surface area contributed by atoms with Crippen molar-refractivity contribution in [2.24, 2.45) is 0 Å².